The van der Waals surface area contributed by atoms with Gasteiger partial charge in [-0.25, -0.2) is 24.3 Å². The number of rotatable bonds is 10. The summed E-state index contributed by atoms with van der Waals surface area (Å²) in [5.74, 6) is 2.31. The third-order valence-corrected chi connectivity index (χ3v) is 10.4. The standard InChI is InChI=1S/C21H23N5O2.C15H16BF3N3O.C6H7ClN2O.K/c1-12-5-6-18(23-9-12)16-8-15(16)11-28-20-17(10-22-14(3)24-20)19-7-13(2)21(27)26(4)25-19;1-9-3-4-14(21-6-9)12-5-11(12)8-23-15-13(16(17,18)19)7-20-10(2)22-15;1-4-3-5(7)8-9(2)6(4)10;/h5-7,9-10,15-16H,8,11H2,1-4H3;3-4,6-7,11-12H,5,8H2,1-2H3;3H,1-2H3;/q;-1;;+1/t15-,16+;11-,12+;;/m11../s1. The molecule has 2 saturated carbocycles. The van der Waals surface area contributed by atoms with E-state index >= 15 is 0 Å². The Labute approximate surface area is 404 Å². The Kier molecular flexibility index (Phi) is 16.4. The van der Waals surface area contributed by atoms with Gasteiger partial charge in [0, 0.05) is 85.1 Å². The molecule has 0 amide bonds. The van der Waals surface area contributed by atoms with Crippen molar-refractivity contribution in [3.05, 3.63) is 132 Å². The van der Waals surface area contributed by atoms with E-state index in [2.05, 4.69) is 52.2 Å². The average molecular weight is 897 g/mol. The van der Waals surface area contributed by atoms with Crippen LogP contribution in [-0.4, -0.2) is 69.7 Å². The van der Waals surface area contributed by atoms with Crippen molar-refractivity contribution in [1.82, 2.24) is 49.5 Å². The van der Waals surface area contributed by atoms with Gasteiger partial charge in [0.2, 0.25) is 5.88 Å². The van der Waals surface area contributed by atoms with Crippen LogP contribution < -0.4 is 77.4 Å². The summed E-state index contributed by atoms with van der Waals surface area (Å²) in [4.78, 5) is 47.9. The zero-order valence-corrected chi connectivity index (χ0v) is 40.0. The molecule has 14 nitrogen and oxygen atoms in total. The minimum Gasteiger partial charge on any atom is -0.479 e. The first-order valence-electron chi connectivity index (χ1n) is 19.6. The monoisotopic (exact) mass is 896 g/mol. The van der Waals surface area contributed by atoms with Gasteiger partial charge in [0.1, 0.15) is 16.8 Å². The molecule has 0 spiro atoms. The molecule has 6 heterocycles. The second-order valence-corrected chi connectivity index (χ2v) is 15.8. The minimum absolute atomic E-state index is 0. The normalized spacial score (nSPS) is 17.4. The number of pyridine rings is 2. The van der Waals surface area contributed by atoms with Gasteiger partial charge in [-0.15, -0.1) is 0 Å². The Morgan fingerprint density at radius 3 is 1.65 bits per heavy atom. The molecule has 0 bridgehead atoms. The first kappa shape index (κ1) is 48.6. The second kappa shape index (κ2) is 20.9. The molecule has 0 aromatic carbocycles. The number of aryl methyl sites for hydroxylation is 8. The summed E-state index contributed by atoms with van der Waals surface area (Å²) in [6, 6.07) is 11.4. The van der Waals surface area contributed by atoms with E-state index in [1.807, 2.05) is 39.1 Å². The van der Waals surface area contributed by atoms with Crippen LogP contribution >= 0.6 is 11.6 Å². The predicted molar refractivity (Wildman–Crippen MR) is 225 cm³/mol. The molecule has 0 aliphatic heterocycles. The molecule has 0 saturated heterocycles. The van der Waals surface area contributed by atoms with Crippen molar-refractivity contribution in [2.75, 3.05) is 13.2 Å². The summed E-state index contributed by atoms with van der Waals surface area (Å²) in [7, 11) is 3.21. The summed E-state index contributed by atoms with van der Waals surface area (Å²) in [6.07, 6.45) is 8.13. The van der Waals surface area contributed by atoms with Crippen molar-refractivity contribution in [1.29, 1.82) is 0 Å². The van der Waals surface area contributed by atoms with E-state index in [0.717, 1.165) is 36.0 Å². The fourth-order valence-corrected chi connectivity index (χ4v) is 6.77. The van der Waals surface area contributed by atoms with Gasteiger partial charge in [-0.3, -0.25) is 19.6 Å². The van der Waals surface area contributed by atoms with Crippen LogP contribution in [0.5, 0.6) is 11.8 Å². The molecule has 8 rings (SSSR count). The van der Waals surface area contributed by atoms with Crippen molar-refractivity contribution in [3.8, 4) is 23.0 Å². The summed E-state index contributed by atoms with van der Waals surface area (Å²) >= 11 is 5.55. The molecule has 0 radical (unpaired) electrons. The SMILES string of the molecule is Cc1cc(Cl)nn(C)c1=O.Cc1ccc([C@H]2C[C@@H]2COc2nc(C)ncc2-c2cc(C)c(=O)n(C)n2)nc1.Cc1ccc([C@H]2C[C@@H]2COc2nc(C)ncc2[B-](F)(F)F)nc1.[K+]. The topological polar surface area (TPSA) is 166 Å². The molecule has 6 aromatic heterocycles. The second-order valence-electron chi connectivity index (χ2n) is 15.5. The summed E-state index contributed by atoms with van der Waals surface area (Å²) < 4.78 is 53.0. The Morgan fingerprint density at radius 2 is 1.16 bits per heavy atom. The Balaban J connectivity index is 0.000000192. The third kappa shape index (κ3) is 12.8. The first-order chi connectivity index (χ1) is 28.9. The number of aromatic nitrogens is 10. The number of nitrogens with zero attached hydrogens (tertiary/aromatic N) is 10. The third-order valence-electron chi connectivity index (χ3n) is 10.2. The molecule has 320 valence electrons. The zero-order valence-electron chi connectivity index (χ0n) is 36.1. The maximum absolute atomic E-state index is 13.0. The van der Waals surface area contributed by atoms with Gasteiger partial charge in [-0.1, -0.05) is 23.7 Å². The average Bonchev–Trinajstić information content (AvgIpc) is 4.14. The van der Waals surface area contributed by atoms with Crippen molar-refractivity contribution >= 4 is 24.0 Å². The van der Waals surface area contributed by atoms with Crippen LogP contribution in [0.15, 0.2) is 70.8 Å². The van der Waals surface area contributed by atoms with E-state index < -0.39 is 12.4 Å². The van der Waals surface area contributed by atoms with Gasteiger partial charge >= 0.3 is 58.4 Å². The molecule has 0 unspecified atom stereocenters. The molecule has 6 aromatic rings. The van der Waals surface area contributed by atoms with Crippen LogP contribution in [0.2, 0.25) is 5.15 Å². The largest absolute Gasteiger partial charge is 1.00 e. The summed E-state index contributed by atoms with van der Waals surface area (Å²) in [5, 5.41) is 8.39. The molecule has 4 atom stereocenters. The number of hydrogen-bond donors (Lipinski definition) is 0. The predicted octanol–water partition coefficient (Wildman–Crippen LogP) is 3.21. The summed E-state index contributed by atoms with van der Waals surface area (Å²) in [5.41, 5.74) is 5.77. The van der Waals surface area contributed by atoms with Crippen molar-refractivity contribution in [2.45, 2.75) is 66.2 Å². The molecule has 2 aliphatic rings. The van der Waals surface area contributed by atoms with Gasteiger partial charge in [0.25, 0.3) is 11.1 Å². The maximum Gasteiger partial charge on any atom is 1.00 e. The minimum atomic E-state index is -5.19. The molecular weight excluding hydrogens is 851 g/mol. The zero-order chi connectivity index (χ0) is 44.2. The summed E-state index contributed by atoms with van der Waals surface area (Å²) in [6.45, 7) is 6.42. The smallest absolute Gasteiger partial charge is 0.479 e. The van der Waals surface area contributed by atoms with Gasteiger partial charge in [-0.2, -0.15) is 15.2 Å². The molecule has 62 heavy (non-hydrogen) atoms. The number of hydrogen-bond acceptors (Lipinski definition) is 12. The van der Waals surface area contributed by atoms with Gasteiger partial charge in [0.15, 0.2) is 5.88 Å². The molecule has 20 heteroatoms. The Bertz CT molecular complexity index is 2580. The Hall–Kier alpha value is -4.40. The quantitative estimate of drug-likeness (QED) is 0.185. The van der Waals surface area contributed by atoms with E-state index in [1.165, 1.54) is 21.9 Å². The molecular formula is C42H46BClF3KN10O4. The van der Waals surface area contributed by atoms with Crippen LogP contribution in [-0.2, 0) is 14.1 Å². The van der Waals surface area contributed by atoms with Gasteiger partial charge in [0.05, 0.1) is 24.5 Å². The van der Waals surface area contributed by atoms with Crippen molar-refractivity contribution in [3.63, 3.8) is 0 Å². The van der Waals surface area contributed by atoms with E-state index in [1.54, 1.807) is 52.5 Å². The number of ether oxygens (including phenoxy) is 2. The maximum atomic E-state index is 13.0. The van der Waals surface area contributed by atoms with E-state index in [0.29, 0.717) is 57.7 Å². The van der Waals surface area contributed by atoms with E-state index in [9.17, 15) is 22.5 Å². The molecule has 0 N–H and O–H groups in total. The fraction of sp³-hybridized carbons (Fsp3) is 0.381. The van der Waals surface area contributed by atoms with Gasteiger partial charge in [-0.05, 0) is 95.2 Å². The van der Waals surface area contributed by atoms with Crippen LogP contribution in [0.3, 0.4) is 0 Å². The van der Waals surface area contributed by atoms with E-state index in [-0.39, 0.29) is 92.7 Å². The van der Waals surface area contributed by atoms with Crippen LogP contribution in [0.1, 0.15) is 70.0 Å². The van der Waals surface area contributed by atoms with Crippen LogP contribution in [0.25, 0.3) is 11.3 Å². The fourth-order valence-electron chi connectivity index (χ4n) is 6.49. The molecule has 2 aliphatic carbocycles. The van der Waals surface area contributed by atoms with Crippen molar-refractivity contribution < 1.29 is 73.8 Å². The van der Waals surface area contributed by atoms with Crippen molar-refractivity contribution in [2.24, 2.45) is 25.9 Å². The molecule has 2 fully saturated rings. The number of halogens is 4. The Morgan fingerprint density at radius 1 is 0.677 bits per heavy atom. The van der Waals surface area contributed by atoms with E-state index in [4.69, 9.17) is 21.1 Å². The van der Waals surface area contributed by atoms with Crippen LogP contribution in [0, 0.1) is 53.4 Å². The van der Waals surface area contributed by atoms with Gasteiger partial charge < -0.3 is 22.4 Å². The van der Waals surface area contributed by atoms with Crippen LogP contribution in [0.4, 0.5) is 12.9 Å². The first-order valence-corrected chi connectivity index (χ1v) is 20.0.